The molecule has 0 aliphatic rings. The first kappa shape index (κ1) is 11.7. The number of rotatable bonds is 4. The molecule has 0 aliphatic heterocycles. The van der Waals surface area contributed by atoms with E-state index in [4.69, 9.17) is 0 Å². The van der Waals surface area contributed by atoms with Gasteiger partial charge in [-0.25, -0.2) is 0 Å². The van der Waals surface area contributed by atoms with E-state index < -0.39 is 0 Å². The maximum atomic E-state index is 11.6. The van der Waals surface area contributed by atoms with Crippen molar-refractivity contribution in [1.82, 2.24) is 10.3 Å². The Balaban J connectivity index is 2.58. The number of aryl methyl sites for hydroxylation is 1. The van der Waals surface area contributed by atoms with Gasteiger partial charge in [0.25, 0.3) is 5.91 Å². The normalized spacial score (nSPS) is 10.4. The number of carbonyl (C=O) groups is 1. The van der Waals surface area contributed by atoms with Crippen LogP contribution in [-0.4, -0.2) is 17.4 Å². The van der Waals surface area contributed by atoms with Crippen LogP contribution in [0.3, 0.4) is 0 Å². The van der Waals surface area contributed by atoms with E-state index in [1.807, 2.05) is 19.1 Å². The summed E-state index contributed by atoms with van der Waals surface area (Å²) in [6.07, 6.45) is 2.53. The first-order valence-corrected chi connectivity index (χ1v) is 5.36. The lowest BCUT2D eigenvalue weighted by molar-refractivity contribution is 0.0948. The summed E-state index contributed by atoms with van der Waals surface area (Å²) in [5, 5.41) is 2.86. The van der Waals surface area contributed by atoms with Gasteiger partial charge in [-0.05, 0) is 24.5 Å². The third-order valence-corrected chi connectivity index (χ3v) is 2.12. The zero-order chi connectivity index (χ0) is 11.3. The molecular weight excluding hydrogens is 188 g/mol. The van der Waals surface area contributed by atoms with Gasteiger partial charge in [-0.2, -0.15) is 0 Å². The quantitative estimate of drug-likeness (QED) is 0.819. The van der Waals surface area contributed by atoms with Crippen LogP contribution in [0.2, 0.25) is 0 Å². The SMILES string of the molecule is CCc1ccc(C(=O)NCC(C)C)cn1. The molecule has 82 valence electrons. The molecule has 1 aromatic heterocycles. The molecule has 1 rings (SSSR count). The number of amides is 1. The second-order valence-electron chi connectivity index (χ2n) is 4.00. The summed E-state index contributed by atoms with van der Waals surface area (Å²) in [5.41, 5.74) is 1.64. The Labute approximate surface area is 90.9 Å². The zero-order valence-electron chi connectivity index (χ0n) is 9.58. The minimum absolute atomic E-state index is 0.0427. The van der Waals surface area contributed by atoms with Crippen molar-refractivity contribution in [3.8, 4) is 0 Å². The second-order valence-corrected chi connectivity index (χ2v) is 4.00. The van der Waals surface area contributed by atoms with Crippen LogP contribution in [0, 0.1) is 5.92 Å². The molecule has 15 heavy (non-hydrogen) atoms. The molecule has 0 spiro atoms. The average Bonchev–Trinajstić information content (AvgIpc) is 2.26. The summed E-state index contributed by atoms with van der Waals surface area (Å²) in [7, 11) is 0. The fourth-order valence-corrected chi connectivity index (χ4v) is 1.17. The number of carbonyl (C=O) groups excluding carboxylic acids is 1. The van der Waals surface area contributed by atoms with E-state index in [0.29, 0.717) is 18.0 Å². The van der Waals surface area contributed by atoms with E-state index in [0.717, 1.165) is 12.1 Å². The van der Waals surface area contributed by atoms with E-state index in [9.17, 15) is 4.79 Å². The molecule has 1 aromatic rings. The largest absolute Gasteiger partial charge is 0.352 e. The maximum absolute atomic E-state index is 11.6. The molecule has 0 atom stereocenters. The van der Waals surface area contributed by atoms with Crippen molar-refractivity contribution in [3.63, 3.8) is 0 Å². The number of nitrogens with zero attached hydrogens (tertiary/aromatic N) is 1. The highest BCUT2D eigenvalue weighted by molar-refractivity contribution is 5.93. The Morgan fingerprint density at radius 1 is 1.47 bits per heavy atom. The third kappa shape index (κ3) is 3.70. The van der Waals surface area contributed by atoms with Gasteiger partial charge >= 0.3 is 0 Å². The van der Waals surface area contributed by atoms with Crippen LogP contribution in [0.5, 0.6) is 0 Å². The molecule has 0 radical (unpaired) electrons. The highest BCUT2D eigenvalue weighted by Gasteiger charge is 2.05. The van der Waals surface area contributed by atoms with Gasteiger partial charge in [-0.3, -0.25) is 9.78 Å². The van der Waals surface area contributed by atoms with Crippen molar-refractivity contribution in [1.29, 1.82) is 0 Å². The van der Waals surface area contributed by atoms with E-state index in [1.54, 1.807) is 6.20 Å². The molecule has 0 saturated heterocycles. The number of hydrogen-bond acceptors (Lipinski definition) is 2. The number of pyridine rings is 1. The average molecular weight is 206 g/mol. The second kappa shape index (κ2) is 5.49. The molecule has 1 N–H and O–H groups in total. The first-order chi connectivity index (χ1) is 7.13. The monoisotopic (exact) mass is 206 g/mol. The van der Waals surface area contributed by atoms with Crippen molar-refractivity contribution < 1.29 is 4.79 Å². The van der Waals surface area contributed by atoms with Gasteiger partial charge < -0.3 is 5.32 Å². The number of nitrogens with one attached hydrogen (secondary N) is 1. The van der Waals surface area contributed by atoms with Crippen LogP contribution >= 0.6 is 0 Å². The molecule has 0 fully saturated rings. The lowest BCUT2D eigenvalue weighted by Crippen LogP contribution is -2.27. The minimum Gasteiger partial charge on any atom is -0.352 e. The molecule has 0 saturated carbocycles. The van der Waals surface area contributed by atoms with Crippen LogP contribution in [0.15, 0.2) is 18.3 Å². The van der Waals surface area contributed by atoms with Gasteiger partial charge in [-0.1, -0.05) is 20.8 Å². The predicted octanol–water partition coefficient (Wildman–Crippen LogP) is 2.03. The smallest absolute Gasteiger partial charge is 0.252 e. The lowest BCUT2D eigenvalue weighted by atomic mass is 10.2. The van der Waals surface area contributed by atoms with Crippen molar-refractivity contribution in [2.24, 2.45) is 5.92 Å². The third-order valence-electron chi connectivity index (χ3n) is 2.12. The molecule has 0 bridgehead atoms. The molecule has 1 heterocycles. The summed E-state index contributed by atoms with van der Waals surface area (Å²) < 4.78 is 0. The van der Waals surface area contributed by atoms with Crippen molar-refractivity contribution in [2.45, 2.75) is 27.2 Å². The Bertz CT molecular complexity index is 317. The number of hydrogen-bond donors (Lipinski definition) is 1. The Kier molecular flexibility index (Phi) is 4.28. The van der Waals surface area contributed by atoms with E-state index in [1.165, 1.54) is 0 Å². The summed E-state index contributed by atoms with van der Waals surface area (Å²) in [6, 6.07) is 3.71. The van der Waals surface area contributed by atoms with Crippen LogP contribution in [0.25, 0.3) is 0 Å². The number of aromatic nitrogens is 1. The Morgan fingerprint density at radius 2 is 2.20 bits per heavy atom. The predicted molar refractivity (Wildman–Crippen MR) is 60.8 cm³/mol. The van der Waals surface area contributed by atoms with Crippen LogP contribution < -0.4 is 5.32 Å². The molecule has 0 aromatic carbocycles. The highest BCUT2D eigenvalue weighted by Crippen LogP contribution is 2.01. The summed E-state index contributed by atoms with van der Waals surface area (Å²) in [5.74, 6) is 0.427. The summed E-state index contributed by atoms with van der Waals surface area (Å²) >= 11 is 0. The van der Waals surface area contributed by atoms with Crippen molar-refractivity contribution in [2.75, 3.05) is 6.54 Å². The topological polar surface area (TPSA) is 42.0 Å². The maximum Gasteiger partial charge on any atom is 0.252 e. The van der Waals surface area contributed by atoms with E-state index >= 15 is 0 Å². The lowest BCUT2D eigenvalue weighted by Gasteiger charge is -2.07. The standard InChI is InChI=1S/C12H18N2O/c1-4-11-6-5-10(8-13-11)12(15)14-7-9(2)3/h5-6,8-9H,4,7H2,1-3H3,(H,14,15). The molecular formula is C12H18N2O. The minimum atomic E-state index is -0.0427. The fourth-order valence-electron chi connectivity index (χ4n) is 1.17. The van der Waals surface area contributed by atoms with Gasteiger partial charge in [0.05, 0.1) is 5.56 Å². The van der Waals surface area contributed by atoms with Gasteiger partial charge in [0.15, 0.2) is 0 Å². The summed E-state index contributed by atoms with van der Waals surface area (Å²) in [6.45, 7) is 6.88. The molecule has 3 nitrogen and oxygen atoms in total. The van der Waals surface area contributed by atoms with E-state index in [-0.39, 0.29) is 5.91 Å². The Hall–Kier alpha value is -1.38. The van der Waals surface area contributed by atoms with Crippen LogP contribution in [0.1, 0.15) is 36.8 Å². The van der Waals surface area contributed by atoms with Crippen LogP contribution in [0.4, 0.5) is 0 Å². The zero-order valence-corrected chi connectivity index (χ0v) is 9.58. The van der Waals surface area contributed by atoms with Gasteiger partial charge in [0, 0.05) is 18.4 Å². The first-order valence-electron chi connectivity index (χ1n) is 5.36. The Morgan fingerprint density at radius 3 is 2.67 bits per heavy atom. The van der Waals surface area contributed by atoms with Crippen molar-refractivity contribution >= 4 is 5.91 Å². The molecule has 3 heteroatoms. The van der Waals surface area contributed by atoms with Crippen molar-refractivity contribution in [3.05, 3.63) is 29.6 Å². The molecule has 1 amide bonds. The summed E-state index contributed by atoms with van der Waals surface area (Å²) in [4.78, 5) is 15.8. The highest BCUT2D eigenvalue weighted by atomic mass is 16.1. The van der Waals surface area contributed by atoms with E-state index in [2.05, 4.69) is 24.1 Å². The molecule has 0 unspecified atom stereocenters. The van der Waals surface area contributed by atoms with Gasteiger partial charge in [0.1, 0.15) is 0 Å². The van der Waals surface area contributed by atoms with Gasteiger partial charge in [0.2, 0.25) is 0 Å². The molecule has 0 aliphatic carbocycles. The fraction of sp³-hybridized carbons (Fsp3) is 0.500. The van der Waals surface area contributed by atoms with Crippen LogP contribution in [-0.2, 0) is 6.42 Å². The van der Waals surface area contributed by atoms with Gasteiger partial charge in [-0.15, -0.1) is 0 Å².